The van der Waals surface area contributed by atoms with Gasteiger partial charge in [0.25, 0.3) is 5.91 Å². The quantitative estimate of drug-likeness (QED) is 0.525. The number of amides is 1. The molecule has 0 N–H and O–H groups in total. The third kappa shape index (κ3) is 4.06. The highest BCUT2D eigenvalue weighted by Crippen LogP contribution is 2.44. The maximum atomic E-state index is 13.3. The van der Waals surface area contributed by atoms with E-state index in [0.29, 0.717) is 5.41 Å². The van der Waals surface area contributed by atoms with Gasteiger partial charge in [0.2, 0.25) is 0 Å². The van der Waals surface area contributed by atoms with Gasteiger partial charge in [-0.3, -0.25) is 4.79 Å². The molecule has 3 heteroatoms. The SMILES string of the molecule is CCC(C)(C)c1ccc(C(=O)N2CCC3(CCc4ccccc4C3)CC2)cc1SC. The van der Waals surface area contributed by atoms with Crippen LogP contribution in [0.4, 0.5) is 0 Å². The third-order valence-electron chi connectivity index (χ3n) is 7.78. The molecular formula is C27H35NOS. The molecule has 2 nitrogen and oxygen atoms in total. The molecule has 1 aliphatic carbocycles. The maximum Gasteiger partial charge on any atom is 0.253 e. The highest BCUT2D eigenvalue weighted by molar-refractivity contribution is 7.98. The van der Waals surface area contributed by atoms with Crippen LogP contribution in [-0.4, -0.2) is 30.2 Å². The van der Waals surface area contributed by atoms with Gasteiger partial charge in [-0.15, -0.1) is 11.8 Å². The van der Waals surface area contributed by atoms with Crippen molar-refractivity contribution < 1.29 is 4.79 Å². The van der Waals surface area contributed by atoms with E-state index in [1.807, 2.05) is 0 Å². The van der Waals surface area contributed by atoms with E-state index < -0.39 is 0 Å². The van der Waals surface area contributed by atoms with E-state index in [-0.39, 0.29) is 11.3 Å². The van der Waals surface area contributed by atoms with Crippen molar-refractivity contribution in [3.63, 3.8) is 0 Å². The van der Waals surface area contributed by atoms with Gasteiger partial charge >= 0.3 is 0 Å². The number of rotatable bonds is 4. The molecule has 30 heavy (non-hydrogen) atoms. The van der Waals surface area contributed by atoms with E-state index >= 15 is 0 Å². The molecule has 0 unspecified atom stereocenters. The van der Waals surface area contributed by atoms with Crippen molar-refractivity contribution in [3.8, 4) is 0 Å². The third-order valence-corrected chi connectivity index (χ3v) is 8.56. The Morgan fingerprint density at radius 2 is 1.77 bits per heavy atom. The highest BCUT2D eigenvalue weighted by Gasteiger charge is 2.38. The minimum atomic E-state index is 0.134. The molecule has 0 saturated carbocycles. The summed E-state index contributed by atoms with van der Waals surface area (Å²) in [7, 11) is 0. The smallest absolute Gasteiger partial charge is 0.253 e. The van der Waals surface area contributed by atoms with Crippen molar-refractivity contribution >= 4 is 17.7 Å². The summed E-state index contributed by atoms with van der Waals surface area (Å²) in [6.45, 7) is 8.58. The van der Waals surface area contributed by atoms with Crippen molar-refractivity contribution in [2.75, 3.05) is 19.3 Å². The molecular weight excluding hydrogens is 386 g/mol. The van der Waals surface area contributed by atoms with Gasteiger partial charge in [0.05, 0.1) is 0 Å². The lowest BCUT2D eigenvalue weighted by Gasteiger charge is -2.44. The van der Waals surface area contributed by atoms with E-state index in [1.54, 1.807) is 11.8 Å². The van der Waals surface area contributed by atoms with Gasteiger partial charge < -0.3 is 4.90 Å². The second-order valence-electron chi connectivity index (χ2n) is 9.89. The Morgan fingerprint density at radius 1 is 1.07 bits per heavy atom. The van der Waals surface area contributed by atoms with Crippen LogP contribution in [0, 0.1) is 5.41 Å². The summed E-state index contributed by atoms with van der Waals surface area (Å²) in [5.74, 6) is 0.206. The number of aryl methyl sites for hydroxylation is 1. The second-order valence-corrected chi connectivity index (χ2v) is 10.7. The van der Waals surface area contributed by atoms with E-state index in [2.05, 4.69) is 74.4 Å². The number of nitrogens with zero attached hydrogens (tertiary/aromatic N) is 1. The lowest BCUT2D eigenvalue weighted by atomic mass is 9.66. The zero-order valence-corrected chi connectivity index (χ0v) is 19.8. The fraction of sp³-hybridized carbons (Fsp3) is 0.519. The van der Waals surface area contributed by atoms with Gasteiger partial charge in [-0.05, 0) is 84.4 Å². The van der Waals surface area contributed by atoms with Crippen molar-refractivity contribution in [1.29, 1.82) is 0 Å². The molecule has 4 rings (SSSR count). The van der Waals surface area contributed by atoms with Gasteiger partial charge in [-0.2, -0.15) is 0 Å². The second kappa shape index (κ2) is 8.42. The maximum absolute atomic E-state index is 13.3. The molecule has 0 atom stereocenters. The molecule has 2 aliphatic rings. The van der Waals surface area contributed by atoms with E-state index in [4.69, 9.17) is 0 Å². The number of hydrogen-bond acceptors (Lipinski definition) is 2. The summed E-state index contributed by atoms with van der Waals surface area (Å²) in [4.78, 5) is 16.6. The number of carbonyl (C=O) groups excluding carboxylic acids is 1. The molecule has 2 aromatic rings. The fourth-order valence-corrected chi connectivity index (χ4v) is 6.04. The number of likely N-dealkylation sites (tertiary alicyclic amines) is 1. The molecule has 1 saturated heterocycles. The Morgan fingerprint density at radius 3 is 2.43 bits per heavy atom. The van der Waals surface area contributed by atoms with E-state index in [1.165, 1.54) is 40.8 Å². The molecule has 0 aromatic heterocycles. The Balaban J connectivity index is 1.46. The monoisotopic (exact) mass is 421 g/mol. The number of thioether (sulfide) groups is 1. The molecule has 160 valence electrons. The summed E-state index contributed by atoms with van der Waals surface area (Å²) in [6, 6.07) is 15.3. The molecule has 1 fully saturated rings. The lowest BCUT2D eigenvalue weighted by Crippen LogP contribution is -2.45. The van der Waals surface area contributed by atoms with Crippen LogP contribution < -0.4 is 0 Å². The zero-order valence-electron chi connectivity index (χ0n) is 19.0. The van der Waals surface area contributed by atoms with E-state index in [0.717, 1.165) is 37.9 Å². The first kappa shape index (κ1) is 21.5. The standard InChI is InChI=1S/C27H35NOS/c1-5-26(2,3)23-11-10-21(18-24(23)30-4)25(29)28-16-14-27(15-17-28)13-12-20-8-6-7-9-22(20)19-27/h6-11,18H,5,12-17,19H2,1-4H3. The average molecular weight is 422 g/mol. The zero-order chi connectivity index (χ0) is 21.4. The van der Waals surface area contributed by atoms with Crippen LogP contribution >= 0.6 is 11.8 Å². The highest BCUT2D eigenvalue weighted by atomic mass is 32.2. The Kier molecular flexibility index (Phi) is 6.03. The first-order valence-corrected chi connectivity index (χ1v) is 12.6. The summed E-state index contributed by atoms with van der Waals surface area (Å²) in [5, 5.41) is 0. The first-order valence-electron chi connectivity index (χ1n) is 11.4. The molecule has 0 radical (unpaired) electrons. The molecule has 1 heterocycles. The predicted octanol–water partition coefficient (Wildman–Crippen LogP) is 6.51. The van der Waals surface area contributed by atoms with E-state index in [9.17, 15) is 4.79 Å². The minimum Gasteiger partial charge on any atom is -0.339 e. The van der Waals surface area contributed by atoms with Crippen LogP contribution in [0.2, 0.25) is 0 Å². The van der Waals surface area contributed by atoms with Crippen LogP contribution in [0.5, 0.6) is 0 Å². The molecule has 1 spiro atoms. The van der Waals surface area contributed by atoms with Crippen LogP contribution in [0.15, 0.2) is 47.4 Å². The molecule has 0 bridgehead atoms. The van der Waals surface area contributed by atoms with Gasteiger partial charge in [-0.1, -0.05) is 51.1 Å². The summed E-state index contributed by atoms with van der Waals surface area (Å²) in [5.41, 5.74) is 5.79. The van der Waals surface area contributed by atoms with Gasteiger partial charge in [0, 0.05) is 23.5 Å². The topological polar surface area (TPSA) is 20.3 Å². The number of hydrogen-bond donors (Lipinski definition) is 0. The molecule has 2 aromatic carbocycles. The largest absolute Gasteiger partial charge is 0.339 e. The Bertz CT molecular complexity index is 924. The van der Waals surface area contributed by atoms with Crippen molar-refractivity contribution in [3.05, 3.63) is 64.7 Å². The summed E-state index contributed by atoms with van der Waals surface area (Å²) < 4.78 is 0. The number of benzene rings is 2. The summed E-state index contributed by atoms with van der Waals surface area (Å²) in [6.07, 6.45) is 9.10. The van der Waals surface area contributed by atoms with Crippen LogP contribution in [0.1, 0.15) is 73.5 Å². The Labute approximate surface area is 186 Å². The van der Waals surface area contributed by atoms with Gasteiger partial charge in [0.1, 0.15) is 0 Å². The number of fused-ring (bicyclic) bond motifs is 1. The van der Waals surface area contributed by atoms with Crippen molar-refractivity contribution in [2.45, 2.75) is 69.6 Å². The predicted molar refractivity (Wildman–Crippen MR) is 128 cm³/mol. The van der Waals surface area contributed by atoms with Crippen molar-refractivity contribution in [2.24, 2.45) is 5.41 Å². The minimum absolute atomic E-state index is 0.134. The van der Waals surface area contributed by atoms with Crippen LogP contribution in [0.25, 0.3) is 0 Å². The first-order chi connectivity index (χ1) is 14.4. The van der Waals surface area contributed by atoms with Crippen LogP contribution in [0.3, 0.4) is 0 Å². The average Bonchev–Trinajstić information content (AvgIpc) is 2.78. The van der Waals surface area contributed by atoms with Crippen LogP contribution in [-0.2, 0) is 18.3 Å². The Hall–Kier alpha value is -1.74. The lowest BCUT2D eigenvalue weighted by molar-refractivity contribution is 0.0543. The van der Waals surface area contributed by atoms with Crippen molar-refractivity contribution in [1.82, 2.24) is 4.90 Å². The molecule has 1 amide bonds. The van der Waals surface area contributed by atoms with Gasteiger partial charge in [0.15, 0.2) is 0 Å². The number of carbonyl (C=O) groups is 1. The fourth-order valence-electron chi connectivity index (χ4n) is 5.23. The van der Waals surface area contributed by atoms with Gasteiger partial charge in [-0.25, -0.2) is 0 Å². The normalized spacial score (nSPS) is 18.3. The molecule has 1 aliphatic heterocycles. The number of piperidine rings is 1. The summed E-state index contributed by atoms with van der Waals surface area (Å²) >= 11 is 1.76.